The van der Waals surface area contributed by atoms with Crippen molar-refractivity contribution in [3.8, 4) is 5.75 Å². The Balaban J connectivity index is 2.25. The van der Waals surface area contributed by atoms with Crippen LogP contribution in [0.15, 0.2) is 38.9 Å². The van der Waals surface area contributed by atoms with Crippen LogP contribution in [0.3, 0.4) is 0 Å². The molecular formula is C17H17BrN2O4S. The molecule has 25 heavy (non-hydrogen) atoms. The Morgan fingerprint density at radius 2 is 2.16 bits per heavy atom. The number of methoxy groups -OCH3 is 2. The summed E-state index contributed by atoms with van der Waals surface area (Å²) < 4.78 is 11.3. The Morgan fingerprint density at radius 1 is 1.40 bits per heavy atom. The number of thioether (sulfide) groups is 1. The van der Waals surface area contributed by atoms with Crippen LogP contribution in [0, 0.1) is 0 Å². The lowest BCUT2D eigenvalue weighted by atomic mass is 9.93. The van der Waals surface area contributed by atoms with Gasteiger partial charge in [0.15, 0.2) is 5.17 Å². The number of carbonyl (C=O) groups is 2. The molecule has 1 saturated heterocycles. The molecule has 1 atom stereocenters. The van der Waals surface area contributed by atoms with E-state index in [4.69, 9.17) is 9.47 Å². The molecule has 1 aromatic carbocycles. The maximum Gasteiger partial charge on any atom is 0.338 e. The number of nitrogens with zero attached hydrogens (tertiary/aromatic N) is 2. The first kappa shape index (κ1) is 18.0. The van der Waals surface area contributed by atoms with Crippen LogP contribution in [0.25, 0.3) is 0 Å². The maximum atomic E-state index is 12.7. The summed E-state index contributed by atoms with van der Waals surface area (Å²) in [6, 6.07) is 4.88. The molecule has 0 unspecified atom stereocenters. The molecule has 1 fully saturated rings. The molecule has 0 bridgehead atoms. The highest BCUT2D eigenvalue weighted by Gasteiger charge is 2.42. The molecule has 2 heterocycles. The third-order valence-electron chi connectivity index (χ3n) is 4.10. The molecule has 0 radical (unpaired) electrons. The third-order valence-corrected chi connectivity index (χ3v) is 5.55. The third kappa shape index (κ3) is 3.20. The zero-order valence-corrected chi connectivity index (χ0v) is 16.4. The van der Waals surface area contributed by atoms with Crippen molar-refractivity contribution in [2.24, 2.45) is 4.99 Å². The number of carbonyl (C=O) groups excluding carboxylic acids is 2. The van der Waals surface area contributed by atoms with Crippen molar-refractivity contribution >= 4 is 44.7 Å². The van der Waals surface area contributed by atoms with E-state index in [0.717, 1.165) is 4.47 Å². The molecule has 0 aromatic heterocycles. The summed E-state index contributed by atoms with van der Waals surface area (Å²) in [6.07, 6.45) is 0.393. The number of aliphatic imine (C=N–C) groups is 1. The van der Waals surface area contributed by atoms with Crippen LogP contribution in [0.4, 0.5) is 0 Å². The van der Waals surface area contributed by atoms with Crippen LogP contribution in [0.5, 0.6) is 5.75 Å². The first-order valence-corrected chi connectivity index (χ1v) is 9.41. The highest BCUT2D eigenvalue weighted by Crippen LogP contribution is 2.43. The van der Waals surface area contributed by atoms with Gasteiger partial charge in [-0.15, -0.1) is 0 Å². The van der Waals surface area contributed by atoms with Crippen LogP contribution in [-0.2, 0) is 14.3 Å². The van der Waals surface area contributed by atoms with Gasteiger partial charge >= 0.3 is 5.97 Å². The average molecular weight is 425 g/mol. The summed E-state index contributed by atoms with van der Waals surface area (Å²) in [7, 11) is 2.88. The van der Waals surface area contributed by atoms with Crippen molar-refractivity contribution in [1.29, 1.82) is 0 Å². The van der Waals surface area contributed by atoms with Gasteiger partial charge in [-0.3, -0.25) is 9.69 Å². The topological polar surface area (TPSA) is 68.2 Å². The SMILES string of the molecule is COC(=O)C1=C(C)N=C2SCCC(=O)N2[C@H]1c1cc(Br)ccc1OC. The summed E-state index contributed by atoms with van der Waals surface area (Å²) in [5.41, 5.74) is 1.60. The minimum atomic E-state index is -0.632. The normalized spacial score (nSPS) is 20.2. The zero-order valence-electron chi connectivity index (χ0n) is 14.0. The minimum absolute atomic E-state index is 0.0709. The number of hydrogen-bond acceptors (Lipinski definition) is 6. The van der Waals surface area contributed by atoms with Crippen molar-refractivity contribution in [2.45, 2.75) is 19.4 Å². The van der Waals surface area contributed by atoms with Crippen molar-refractivity contribution < 1.29 is 19.1 Å². The molecule has 1 aromatic rings. The quantitative estimate of drug-likeness (QED) is 0.696. The number of hydrogen-bond donors (Lipinski definition) is 0. The van der Waals surface area contributed by atoms with Crippen LogP contribution in [0.2, 0.25) is 0 Å². The van der Waals surface area contributed by atoms with Gasteiger partial charge in [-0.05, 0) is 25.1 Å². The van der Waals surface area contributed by atoms with Gasteiger partial charge in [-0.25, -0.2) is 9.79 Å². The Bertz CT molecular complexity index is 806. The van der Waals surface area contributed by atoms with Gasteiger partial charge in [0.05, 0.1) is 25.5 Å². The smallest absolute Gasteiger partial charge is 0.338 e. The van der Waals surface area contributed by atoms with E-state index in [1.54, 1.807) is 25.0 Å². The van der Waals surface area contributed by atoms with Gasteiger partial charge in [-0.1, -0.05) is 27.7 Å². The van der Waals surface area contributed by atoms with Crippen LogP contribution in [-0.4, -0.2) is 41.9 Å². The molecule has 1 amide bonds. The fourth-order valence-electron chi connectivity index (χ4n) is 2.98. The summed E-state index contributed by atoms with van der Waals surface area (Å²) in [4.78, 5) is 31.2. The minimum Gasteiger partial charge on any atom is -0.496 e. The number of fused-ring (bicyclic) bond motifs is 1. The number of amidine groups is 1. The number of amides is 1. The number of benzene rings is 1. The molecule has 0 saturated carbocycles. The number of halogens is 1. The summed E-state index contributed by atoms with van der Waals surface area (Å²) in [5, 5.41) is 0.605. The number of allylic oxidation sites excluding steroid dienone is 1. The lowest BCUT2D eigenvalue weighted by Gasteiger charge is -2.39. The maximum absolute atomic E-state index is 12.7. The zero-order chi connectivity index (χ0) is 18.1. The Hall–Kier alpha value is -1.80. The number of ether oxygens (including phenoxy) is 2. The molecule has 0 spiro atoms. The van der Waals surface area contributed by atoms with E-state index < -0.39 is 12.0 Å². The molecule has 8 heteroatoms. The Kier molecular flexibility index (Phi) is 5.19. The summed E-state index contributed by atoms with van der Waals surface area (Å²) in [6.45, 7) is 1.76. The molecular weight excluding hydrogens is 408 g/mol. The van der Waals surface area contributed by atoms with E-state index >= 15 is 0 Å². The monoisotopic (exact) mass is 424 g/mol. The van der Waals surface area contributed by atoms with E-state index in [0.29, 0.717) is 39.9 Å². The van der Waals surface area contributed by atoms with Crippen molar-refractivity contribution in [1.82, 2.24) is 4.90 Å². The van der Waals surface area contributed by atoms with Crippen LogP contribution in [0.1, 0.15) is 24.9 Å². The molecule has 2 aliphatic heterocycles. The van der Waals surface area contributed by atoms with Gasteiger partial charge in [0, 0.05) is 22.2 Å². The highest BCUT2D eigenvalue weighted by atomic mass is 79.9. The number of esters is 1. The van der Waals surface area contributed by atoms with Crippen LogP contribution < -0.4 is 4.74 Å². The predicted octanol–water partition coefficient (Wildman–Crippen LogP) is 3.28. The first-order chi connectivity index (χ1) is 12.0. The predicted molar refractivity (Wildman–Crippen MR) is 99.5 cm³/mol. The lowest BCUT2D eigenvalue weighted by molar-refractivity contribution is -0.137. The van der Waals surface area contributed by atoms with Crippen molar-refractivity contribution in [3.63, 3.8) is 0 Å². The van der Waals surface area contributed by atoms with Gasteiger partial charge in [0.1, 0.15) is 11.8 Å². The van der Waals surface area contributed by atoms with E-state index in [2.05, 4.69) is 20.9 Å². The molecule has 3 rings (SSSR count). The van der Waals surface area contributed by atoms with E-state index in [1.165, 1.54) is 18.9 Å². The average Bonchev–Trinajstić information content (AvgIpc) is 2.60. The number of rotatable bonds is 3. The van der Waals surface area contributed by atoms with Crippen molar-refractivity contribution in [2.75, 3.05) is 20.0 Å². The van der Waals surface area contributed by atoms with Crippen molar-refractivity contribution in [3.05, 3.63) is 39.5 Å². The second-order valence-electron chi connectivity index (χ2n) is 5.54. The van der Waals surface area contributed by atoms with E-state index in [-0.39, 0.29) is 5.91 Å². The Morgan fingerprint density at radius 3 is 2.84 bits per heavy atom. The fraction of sp³-hybridized carbons (Fsp3) is 0.353. The highest BCUT2D eigenvalue weighted by molar-refractivity contribution is 9.10. The standard InChI is InChI=1S/C17H17BrN2O4S/c1-9-14(16(22)24-3)15(11-8-10(18)4-5-12(11)23-2)20-13(21)6-7-25-17(20)19-9/h4-5,8,15H,6-7H2,1-3H3/t15-/m0/s1. The Labute approximate surface area is 158 Å². The van der Waals surface area contributed by atoms with E-state index in [1.807, 2.05) is 12.1 Å². The van der Waals surface area contributed by atoms with Gasteiger partial charge in [0.2, 0.25) is 5.91 Å². The second kappa shape index (κ2) is 7.21. The molecule has 0 N–H and O–H groups in total. The van der Waals surface area contributed by atoms with Gasteiger partial charge in [-0.2, -0.15) is 0 Å². The van der Waals surface area contributed by atoms with Crippen LogP contribution >= 0.6 is 27.7 Å². The van der Waals surface area contributed by atoms with Gasteiger partial charge in [0.25, 0.3) is 0 Å². The lowest BCUT2D eigenvalue weighted by Crippen LogP contribution is -2.45. The fourth-order valence-corrected chi connectivity index (χ4v) is 4.37. The molecule has 6 nitrogen and oxygen atoms in total. The van der Waals surface area contributed by atoms with E-state index in [9.17, 15) is 9.59 Å². The molecule has 132 valence electrons. The molecule has 0 aliphatic carbocycles. The first-order valence-electron chi connectivity index (χ1n) is 7.64. The largest absolute Gasteiger partial charge is 0.496 e. The second-order valence-corrected chi connectivity index (χ2v) is 7.51. The summed E-state index contributed by atoms with van der Waals surface area (Å²) in [5.74, 6) is 0.693. The molecule has 2 aliphatic rings. The van der Waals surface area contributed by atoms with Gasteiger partial charge < -0.3 is 9.47 Å². The summed E-state index contributed by atoms with van der Waals surface area (Å²) >= 11 is 4.97.